The molecule has 0 spiro atoms. The number of carbonyl (C=O) groups excluding carboxylic acids is 1. The van der Waals surface area contributed by atoms with Gasteiger partial charge in [0.2, 0.25) is 5.90 Å². The van der Waals surface area contributed by atoms with Crippen LogP contribution in [0.2, 0.25) is 0 Å². The second-order valence-electron chi connectivity index (χ2n) is 4.63. The second-order valence-corrected chi connectivity index (χ2v) is 5.49. The number of ether oxygens (including phenoxy) is 1. The van der Waals surface area contributed by atoms with Gasteiger partial charge in [0.25, 0.3) is 5.69 Å². The maximum atomic E-state index is 12.0. The van der Waals surface area contributed by atoms with E-state index < -0.39 is 10.9 Å². The summed E-state index contributed by atoms with van der Waals surface area (Å²) in [6.45, 7) is 0. The number of nitro groups is 1. The van der Waals surface area contributed by atoms with Crippen LogP contribution in [-0.4, -0.2) is 16.8 Å². The quantitative estimate of drug-likeness (QED) is 0.356. The third-order valence-corrected chi connectivity index (χ3v) is 3.84. The molecule has 0 unspecified atom stereocenters. The molecule has 0 saturated heterocycles. The van der Waals surface area contributed by atoms with Crippen LogP contribution in [0.1, 0.15) is 11.1 Å². The summed E-state index contributed by atoms with van der Waals surface area (Å²) in [5, 5.41) is 11.0. The highest BCUT2D eigenvalue weighted by Gasteiger charge is 2.26. The molecule has 0 aliphatic carbocycles. The average molecular weight is 373 g/mol. The zero-order chi connectivity index (χ0) is 16.4. The highest BCUT2D eigenvalue weighted by Crippen LogP contribution is 2.26. The Balaban J connectivity index is 2.03. The van der Waals surface area contributed by atoms with Crippen LogP contribution in [0.4, 0.5) is 5.69 Å². The number of hydrogen-bond acceptors (Lipinski definition) is 5. The SMILES string of the molecule is O=C1OC(c2ccccc2Br)=N/C1=C\c1ccccc1[N+](=O)[O-]. The minimum atomic E-state index is -0.645. The summed E-state index contributed by atoms with van der Waals surface area (Å²) in [5.41, 5.74) is 0.843. The molecule has 2 aromatic rings. The zero-order valence-electron chi connectivity index (χ0n) is 11.6. The fourth-order valence-electron chi connectivity index (χ4n) is 2.08. The molecule has 7 heteroatoms. The third kappa shape index (κ3) is 3.04. The summed E-state index contributed by atoms with van der Waals surface area (Å²) in [6.07, 6.45) is 1.35. The van der Waals surface area contributed by atoms with Crippen LogP contribution in [0.25, 0.3) is 6.08 Å². The van der Waals surface area contributed by atoms with Gasteiger partial charge >= 0.3 is 5.97 Å². The largest absolute Gasteiger partial charge is 0.402 e. The van der Waals surface area contributed by atoms with Gasteiger partial charge in [0.1, 0.15) is 0 Å². The number of halogens is 1. The van der Waals surface area contributed by atoms with Gasteiger partial charge in [0.05, 0.1) is 16.1 Å². The van der Waals surface area contributed by atoms with Gasteiger partial charge in [-0.05, 0) is 40.2 Å². The molecule has 3 rings (SSSR count). The van der Waals surface area contributed by atoms with Gasteiger partial charge in [-0.2, -0.15) is 0 Å². The molecule has 114 valence electrons. The van der Waals surface area contributed by atoms with E-state index in [-0.39, 0.29) is 17.3 Å². The van der Waals surface area contributed by atoms with Crippen LogP contribution in [0, 0.1) is 10.1 Å². The second kappa shape index (κ2) is 6.13. The van der Waals surface area contributed by atoms with Gasteiger partial charge in [-0.15, -0.1) is 0 Å². The monoisotopic (exact) mass is 372 g/mol. The summed E-state index contributed by atoms with van der Waals surface area (Å²) in [6, 6.07) is 13.3. The van der Waals surface area contributed by atoms with Crippen molar-refractivity contribution in [3.8, 4) is 0 Å². The first kappa shape index (κ1) is 15.1. The molecule has 23 heavy (non-hydrogen) atoms. The Labute approximate surface area is 139 Å². The first-order valence-electron chi connectivity index (χ1n) is 6.57. The average Bonchev–Trinajstić information content (AvgIpc) is 2.89. The number of cyclic esters (lactones) is 1. The minimum absolute atomic E-state index is 0.0186. The molecule has 0 aromatic heterocycles. The van der Waals surface area contributed by atoms with E-state index in [9.17, 15) is 14.9 Å². The van der Waals surface area contributed by atoms with Crippen molar-refractivity contribution < 1.29 is 14.5 Å². The Morgan fingerprint density at radius 1 is 1.13 bits per heavy atom. The van der Waals surface area contributed by atoms with Crippen LogP contribution in [0.15, 0.2) is 63.7 Å². The summed E-state index contributed by atoms with van der Waals surface area (Å²) in [4.78, 5) is 26.6. The van der Waals surface area contributed by atoms with Crippen molar-refractivity contribution in [2.75, 3.05) is 0 Å². The number of hydrogen-bond donors (Lipinski definition) is 0. The molecule has 2 aromatic carbocycles. The molecule has 1 aliphatic heterocycles. The summed E-state index contributed by atoms with van der Waals surface area (Å²) in [5.74, 6) is -0.485. The number of aliphatic imine (C=N–C) groups is 1. The maximum Gasteiger partial charge on any atom is 0.363 e. The molecule has 0 N–H and O–H groups in total. The molecule has 0 atom stereocenters. The van der Waals surface area contributed by atoms with E-state index in [1.54, 1.807) is 36.4 Å². The molecule has 0 saturated carbocycles. The Hall–Kier alpha value is -2.80. The molecule has 1 aliphatic rings. The normalized spacial score (nSPS) is 15.4. The molecule has 1 heterocycles. The van der Waals surface area contributed by atoms with Crippen molar-refractivity contribution in [3.63, 3.8) is 0 Å². The Morgan fingerprint density at radius 2 is 1.83 bits per heavy atom. The molecule has 0 fully saturated rings. The minimum Gasteiger partial charge on any atom is -0.402 e. The number of nitro benzene ring substituents is 1. The predicted octanol–water partition coefficient (Wildman–Crippen LogP) is 3.70. The fraction of sp³-hybridized carbons (Fsp3) is 0. The summed E-state index contributed by atoms with van der Waals surface area (Å²) >= 11 is 3.36. The number of esters is 1. The van der Waals surface area contributed by atoms with E-state index in [2.05, 4.69) is 20.9 Å². The maximum absolute atomic E-state index is 12.0. The van der Waals surface area contributed by atoms with E-state index in [1.165, 1.54) is 12.1 Å². The van der Waals surface area contributed by atoms with Gasteiger partial charge in [0, 0.05) is 10.5 Å². The van der Waals surface area contributed by atoms with E-state index in [0.717, 1.165) is 4.47 Å². The number of para-hydroxylation sites is 1. The fourth-order valence-corrected chi connectivity index (χ4v) is 2.54. The lowest BCUT2D eigenvalue weighted by molar-refractivity contribution is -0.385. The highest BCUT2D eigenvalue weighted by atomic mass is 79.9. The van der Waals surface area contributed by atoms with Gasteiger partial charge < -0.3 is 4.74 Å². The van der Waals surface area contributed by atoms with Gasteiger partial charge in [0.15, 0.2) is 5.70 Å². The van der Waals surface area contributed by atoms with Crippen molar-refractivity contribution in [1.82, 2.24) is 0 Å². The predicted molar refractivity (Wildman–Crippen MR) is 87.8 cm³/mol. The first-order valence-corrected chi connectivity index (χ1v) is 7.36. The lowest BCUT2D eigenvalue weighted by Crippen LogP contribution is -2.05. The number of benzene rings is 2. The van der Waals surface area contributed by atoms with Crippen molar-refractivity contribution in [2.45, 2.75) is 0 Å². The lowest BCUT2D eigenvalue weighted by atomic mass is 10.1. The standard InChI is InChI=1S/C16H9BrN2O4/c17-12-7-3-2-6-11(12)15-18-13(16(20)23-15)9-10-5-1-4-8-14(10)19(21)22/h1-9H/b13-9-. The van der Waals surface area contributed by atoms with Crippen LogP contribution in [0.3, 0.4) is 0 Å². The van der Waals surface area contributed by atoms with Gasteiger partial charge in [-0.25, -0.2) is 9.79 Å². The van der Waals surface area contributed by atoms with Crippen LogP contribution in [-0.2, 0) is 9.53 Å². The zero-order valence-corrected chi connectivity index (χ0v) is 13.2. The Morgan fingerprint density at radius 3 is 2.57 bits per heavy atom. The third-order valence-electron chi connectivity index (χ3n) is 3.15. The number of rotatable bonds is 3. The topological polar surface area (TPSA) is 81.8 Å². The van der Waals surface area contributed by atoms with E-state index in [4.69, 9.17) is 4.74 Å². The smallest absolute Gasteiger partial charge is 0.363 e. The summed E-state index contributed by atoms with van der Waals surface area (Å²) in [7, 11) is 0. The molecule has 6 nitrogen and oxygen atoms in total. The van der Waals surface area contributed by atoms with Crippen LogP contribution < -0.4 is 0 Å². The van der Waals surface area contributed by atoms with Gasteiger partial charge in [-0.1, -0.05) is 24.3 Å². The van der Waals surface area contributed by atoms with Crippen molar-refractivity contribution in [2.24, 2.45) is 4.99 Å². The summed E-state index contributed by atoms with van der Waals surface area (Å²) < 4.78 is 5.89. The van der Waals surface area contributed by atoms with Crippen LogP contribution in [0.5, 0.6) is 0 Å². The first-order chi connectivity index (χ1) is 11.1. The Bertz CT molecular complexity index is 874. The molecular formula is C16H9BrN2O4. The van der Waals surface area contributed by atoms with E-state index in [0.29, 0.717) is 11.1 Å². The lowest BCUT2D eigenvalue weighted by Gasteiger charge is -2.01. The highest BCUT2D eigenvalue weighted by molar-refractivity contribution is 9.10. The molecule has 0 bridgehead atoms. The molecular weight excluding hydrogens is 364 g/mol. The Kier molecular flexibility index (Phi) is 4.03. The number of nitrogens with zero attached hydrogens (tertiary/aromatic N) is 2. The van der Waals surface area contributed by atoms with E-state index >= 15 is 0 Å². The van der Waals surface area contributed by atoms with Crippen molar-refractivity contribution in [3.05, 3.63) is 79.9 Å². The van der Waals surface area contributed by atoms with Crippen molar-refractivity contribution >= 4 is 39.6 Å². The van der Waals surface area contributed by atoms with Crippen LogP contribution >= 0.6 is 15.9 Å². The molecule has 0 amide bonds. The molecule has 0 radical (unpaired) electrons. The number of carbonyl (C=O) groups is 1. The van der Waals surface area contributed by atoms with Crippen molar-refractivity contribution in [1.29, 1.82) is 0 Å². The van der Waals surface area contributed by atoms with E-state index in [1.807, 2.05) is 6.07 Å². The van der Waals surface area contributed by atoms with Gasteiger partial charge in [-0.3, -0.25) is 10.1 Å².